The molecule has 2 rings (SSSR count). The van der Waals surface area contributed by atoms with E-state index in [0.717, 1.165) is 17.0 Å². The quantitative estimate of drug-likeness (QED) is 0.325. The molecule has 0 aliphatic heterocycles. The summed E-state index contributed by atoms with van der Waals surface area (Å²) in [6, 6.07) is 2.78. The maximum atomic E-state index is 13.6. The topological polar surface area (TPSA) is 92.4 Å². The third-order valence-corrected chi connectivity index (χ3v) is 4.15. The van der Waals surface area contributed by atoms with Crippen LogP contribution in [0.3, 0.4) is 0 Å². The van der Waals surface area contributed by atoms with Crippen molar-refractivity contribution in [1.82, 2.24) is 20.6 Å². The smallest absolute Gasteiger partial charge is 0.273 e. The predicted octanol–water partition coefficient (Wildman–Crippen LogP) is 3.77. The molecular formula is C23H28FN5O2. The Hall–Kier alpha value is -3.39. The van der Waals surface area contributed by atoms with Gasteiger partial charge < -0.3 is 15.1 Å². The number of pyridine rings is 1. The summed E-state index contributed by atoms with van der Waals surface area (Å²) in [6.07, 6.45) is 8.77. The molecule has 1 amide bonds. The zero-order valence-electron chi connectivity index (χ0n) is 18.1. The van der Waals surface area contributed by atoms with Crippen molar-refractivity contribution in [3.8, 4) is 0 Å². The molecule has 8 heteroatoms. The molecule has 0 fully saturated rings. The molecule has 0 spiro atoms. The molecule has 0 aromatic carbocycles. The zero-order valence-corrected chi connectivity index (χ0v) is 18.1. The lowest BCUT2D eigenvalue weighted by molar-refractivity contribution is 0.0945. The Labute approximate surface area is 181 Å². The van der Waals surface area contributed by atoms with Crippen molar-refractivity contribution in [2.45, 2.75) is 33.7 Å². The van der Waals surface area contributed by atoms with E-state index in [4.69, 9.17) is 4.42 Å². The number of rotatable bonds is 11. The van der Waals surface area contributed by atoms with Crippen LogP contribution in [0.5, 0.6) is 0 Å². The zero-order chi connectivity index (χ0) is 22.6. The molecule has 0 radical (unpaired) electrons. The van der Waals surface area contributed by atoms with E-state index in [0.29, 0.717) is 25.4 Å². The van der Waals surface area contributed by atoms with Crippen molar-refractivity contribution >= 4 is 11.6 Å². The maximum Gasteiger partial charge on any atom is 0.273 e. The Morgan fingerprint density at radius 3 is 2.87 bits per heavy atom. The lowest BCUT2D eigenvalue weighted by Gasteiger charge is -2.05. The van der Waals surface area contributed by atoms with Crippen molar-refractivity contribution in [2.24, 2.45) is 4.99 Å². The van der Waals surface area contributed by atoms with Gasteiger partial charge in [0.1, 0.15) is 12.1 Å². The number of aromatic nitrogens is 2. The van der Waals surface area contributed by atoms with E-state index in [1.807, 2.05) is 32.9 Å². The molecule has 2 aromatic heterocycles. The number of hydrogen-bond acceptors (Lipinski definition) is 6. The second-order valence-corrected chi connectivity index (χ2v) is 6.99. The van der Waals surface area contributed by atoms with Gasteiger partial charge in [0.2, 0.25) is 0 Å². The Morgan fingerprint density at radius 1 is 1.35 bits per heavy atom. The number of hydrogen-bond donors (Lipinski definition) is 2. The lowest BCUT2D eigenvalue weighted by atomic mass is 10.2. The average Bonchev–Trinajstić information content (AvgIpc) is 3.22. The monoisotopic (exact) mass is 425 g/mol. The molecule has 2 heterocycles. The van der Waals surface area contributed by atoms with E-state index in [2.05, 4.69) is 32.2 Å². The molecule has 0 aliphatic rings. The highest BCUT2D eigenvalue weighted by molar-refractivity contribution is 5.91. The van der Waals surface area contributed by atoms with Gasteiger partial charge in [0.05, 0.1) is 17.9 Å². The van der Waals surface area contributed by atoms with Gasteiger partial charge in [0.15, 0.2) is 11.6 Å². The van der Waals surface area contributed by atoms with E-state index in [9.17, 15) is 9.18 Å². The Balaban J connectivity index is 1.79. The van der Waals surface area contributed by atoms with Gasteiger partial charge in [-0.2, -0.15) is 0 Å². The normalized spacial score (nSPS) is 11.5. The van der Waals surface area contributed by atoms with Gasteiger partial charge in [-0.05, 0) is 39.0 Å². The van der Waals surface area contributed by atoms with Crippen LogP contribution in [0, 0.1) is 5.82 Å². The molecule has 7 nitrogen and oxygen atoms in total. The number of nitrogens with zero attached hydrogens (tertiary/aromatic N) is 3. The molecule has 0 saturated carbocycles. The number of carbonyl (C=O) groups is 1. The summed E-state index contributed by atoms with van der Waals surface area (Å²) >= 11 is 0. The van der Waals surface area contributed by atoms with E-state index in [-0.39, 0.29) is 17.9 Å². The largest absolute Gasteiger partial charge is 0.448 e. The Bertz CT molecular complexity index is 987. The Morgan fingerprint density at radius 2 is 2.16 bits per heavy atom. The van der Waals surface area contributed by atoms with Gasteiger partial charge in [-0.1, -0.05) is 24.3 Å². The van der Waals surface area contributed by atoms with Crippen LogP contribution in [0.2, 0.25) is 0 Å². The second kappa shape index (κ2) is 12.3. The fourth-order valence-corrected chi connectivity index (χ4v) is 2.52. The molecule has 2 N–H and O–H groups in total. The van der Waals surface area contributed by atoms with Gasteiger partial charge in [-0.3, -0.25) is 14.8 Å². The molecule has 0 aliphatic carbocycles. The number of oxazole rings is 1. The molecule has 0 bridgehead atoms. The summed E-state index contributed by atoms with van der Waals surface area (Å²) in [4.78, 5) is 24.8. The minimum absolute atomic E-state index is 0.0243. The highest BCUT2D eigenvalue weighted by Crippen LogP contribution is 2.08. The van der Waals surface area contributed by atoms with Crippen LogP contribution in [-0.2, 0) is 13.0 Å². The molecular weight excluding hydrogens is 397 g/mol. The first kappa shape index (κ1) is 23.9. The maximum absolute atomic E-state index is 13.6. The summed E-state index contributed by atoms with van der Waals surface area (Å²) < 4.78 is 18.9. The van der Waals surface area contributed by atoms with Gasteiger partial charge in [0, 0.05) is 31.4 Å². The fraction of sp³-hybridized carbons (Fsp3) is 0.304. The molecule has 164 valence electrons. The van der Waals surface area contributed by atoms with Gasteiger partial charge in [-0.15, -0.1) is 0 Å². The van der Waals surface area contributed by atoms with E-state index >= 15 is 0 Å². The van der Waals surface area contributed by atoms with E-state index < -0.39 is 11.7 Å². The third-order valence-electron chi connectivity index (χ3n) is 4.15. The average molecular weight is 426 g/mol. The summed E-state index contributed by atoms with van der Waals surface area (Å²) in [5.74, 6) is -0.477. The second-order valence-electron chi connectivity index (χ2n) is 6.99. The first-order valence-electron chi connectivity index (χ1n) is 9.94. The number of carbonyl (C=O) groups excluding carboxylic acids is 1. The molecule has 0 atom stereocenters. The van der Waals surface area contributed by atoms with Crippen LogP contribution in [-0.4, -0.2) is 34.7 Å². The highest BCUT2D eigenvalue weighted by atomic mass is 19.1. The van der Waals surface area contributed by atoms with Gasteiger partial charge in [0.25, 0.3) is 5.91 Å². The van der Waals surface area contributed by atoms with Gasteiger partial charge in [-0.25, -0.2) is 9.37 Å². The van der Waals surface area contributed by atoms with Gasteiger partial charge >= 0.3 is 0 Å². The summed E-state index contributed by atoms with van der Waals surface area (Å²) in [5.41, 5.74) is 3.28. The van der Waals surface area contributed by atoms with Crippen molar-refractivity contribution < 1.29 is 13.6 Å². The SMILES string of the molecule is C=C/C=C\C(N=C(C)CNCCc1nc(C(=O)NCc2ncccc2F)co1)=C(C)C. The summed E-state index contributed by atoms with van der Waals surface area (Å²) in [7, 11) is 0. The summed E-state index contributed by atoms with van der Waals surface area (Å²) in [6.45, 7) is 10.8. The number of amides is 1. The molecule has 0 unspecified atom stereocenters. The lowest BCUT2D eigenvalue weighted by Crippen LogP contribution is -2.25. The molecule has 31 heavy (non-hydrogen) atoms. The highest BCUT2D eigenvalue weighted by Gasteiger charge is 2.13. The third kappa shape index (κ3) is 8.10. The molecule has 0 saturated heterocycles. The van der Waals surface area contributed by atoms with E-state index in [1.165, 1.54) is 24.6 Å². The Kier molecular flexibility index (Phi) is 9.51. The van der Waals surface area contributed by atoms with Crippen LogP contribution in [0.15, 0.2) is 70.1 Å². The van der Waals surface area contributed by atoms with Crippen molar-refractivity contribution in [3.05, 3.63) is 83.8 Å². The number of nitrogens with one attached hydrogen (secondary N) is 2. The van der Waals surface area contributed by atoms with Crippen molar-refractivity contribution in [3.63, 3.8) is 0 Å². The first-order valence-corrected chi connectivity index (χ1v) is 9.94. The standard InChI is InChI=1S/C23H28FN5O2/c1-5-6-9-19(16(2)3)28-17(4)13-25-12-10-22-29-21(15-31-22)23(30)27-14-20-18(24)8-7-11-26-20/h5-9,11,15,25H,1,10,12-14H2,2-4H3,(H,27,30)/b9-6-,28-17?. The number of halogens is 1. The fourth-order valence-electron chi connectivity index (χ4n) is 2.52. The van der Waals surface area contributed by atoms with Crippen LogP contribution < -0.4 is 10.6 Å². The minimum Gasteiger partial charge on any atom is -0.448 e. The number of aliphatic imine (C=N–C) groups is 1. The minimum atomic E-state index is -0.470. The first-order chi connectivity index (χ1) is 14.9. The van der Waals surface area contributed by atoms with Crippen LogP contribution in [0.4, 0.5) is 4.39 Å². The van der Waals surface area contributed by atoms with Crippen molar-refractivity contribution in [2.75, 3.05) is 13.1 Å². The van der Waals surface area contributed by atoms with Crippen LogP contribution in [0.1, 0.15) is 42.8 Å². The predicted molar refractivity (Wildman–Crippen MR) is 119 cm³/mol. The molecule has 2 aromatic rings. The summed E-state index contributed by atoms with van der Waals surface area (Å²) in [5, 5.41) is 5.86. The van der Waals surface area contributed by atoms with E-state index in [1.54, 1.807) is 6.08 Å². The van der Waals surface area contributed by atoms with Crippen LogP contribution >= 0.6 is 0 Å². The van der Waals surface area contributed by atoms with Crippen LogP contribution in [0.25, 0.3) is 0 Å². The number of allylic oxidation sites excluding steroid dienone is 4. The van der Waals surface area contributed by atoms with Crippen molar-refractivity contribution in [1.29, 1.82) is 0 Å².